The van der Waals surface area contributed by atoms with Crippen LogP contribution in [0.5, 0.6) is 0 Å². The Labute approximate surface area is 161 Å². The monoisotopic (exact) mass is 370 g/mol. The Hall–Kier alpha value is -2.21. The van der Waals surface area contributed by atoms with Crippen LogP contribution in [0.4, 0.5) is 0 Å². The van der Waals surface area contributed by atoms with E-state index in [-0.39, 0.29) is 5.92 Å². The lowest BCUT2D eigenvalue weighted by molar-refractivity contribution is -0.136. The molecule has 27 heavy (non-hydrogen) atoms. The highest BCUT2D eigenvalue weighted by atomic mass is 16.5. The van der Waals surface area contributed by atoms with Crippen molar-refractivity contribution < 1.29 is 9.32 Å². The van der Waals surface area contributed by atoms with Crippen LogP contribution < -0.4 is 0 Å². The number of benzene rings is 1. The van der Waals surface area contributed by atoms with Crippen molar-refractivity contribution in [1.29, 1.82) is 0 Å². The van der Waals surface area contributed by atoms with Gasteiger partial charge < -0.3 is 9.42 Å². The van der Waals surface area contributed by atoms with Crippen molar-refractivity contribution in [2.45, 2.75) is 40.0 Å². The SMILES string of the molecule is CC[C@H](C)C(=O)N1CCN(CCCc2nc(-c3ccc(C)cc3)no2)CC1. The third-order valence-electron chi connectivity index (χ3n) is 5.36. The molecule has 0 spiro atoms. The van der Waals surface area contributed by atoms with Crippen molar-refractivity contribution in [3.63, 3.8) is 0 Å². The maximum Gasteiger partial charge on any atom is 0.227 e. The summed E-state index contributed by atoms with van der Waals surface area (Å²) in [6.45, 7) is 10.7. The van der Waals surface area contributed by atoms with E-state index in [1.165, 1.54) is 5.56 Å². The molecule has 1 saturated heterocycles. The first-order valence-corrected chi connectivity index (χ1v) is 9.97. The molecular weight excluding hydrogens is 340 g/mol. The molecule has 0 radical (unpaired) electrons. The van der Waals surface area contributed by atoms with Crippen molar-refractivity contribution in [1.82, 2.24) is 19.9 Å². The average molecular weight is 370 g/mol. The summed E-state index contributed by atoms with van der Waals surface area (Å²) in [6, 6.07) is 8.14. The number of amides is 1. The minimum absolute atomic E-state index is 0.136. The zero-order valence-corrected chi connectivity index (χ0v) is 16.6. The van der Waals surface area contributed by atoms with Gasteiger partial charge in [0.1, 0.15) is 0 Å². The number of aryl methyl sites for hydroxylation is 2. The standard InChI is InChI=1S/C21H30N4O2/c1-4-17(3)21(26)25-14-12-24(13-15-25)11-5-6-19-22-20(23-27-19)18-9-7-16(2)8-10-18/h7-10,17H,4-6,11-15H2,1-3H3/t17-/m0/s1. The van der Waals surface area contributed by atoms with E-state index in [9.17, 15) is 4.79 Å². The molecule has 2 heterocycles. The molecular formula is C21H30N4O2. The van der Waals surface area contributed by atoms with Gasteiger partial charge in [-0.15, -0.1) is 0 Å². The van der Waals surface area contributed by atoms with E-state index < -0.39 is 0 Å². The van der Waals surface area contributed by atoms with Crippen LogP contribution in [0.15, 0.2) is 28.8 Å². The van der Waals surface area contributed by atoms with E-state index in [4.69, 9.17) is 4.52 Å². The molecule has 0 aliphatic carbocycles. The maximum absolute atomic E-state index is 12.3. The lowest BCUT2D eigenvalue weighted by Gasteiger charge is -2.35. The predicted molar refractivity (Wildman–Crippen MR) is 105 cm³/mol. The summed E-state index contributed by atoms with van der Waals surface area (Å²) in [5.41, 5.74) is 2.20. The molecule has 1 aromatic heterocycles. The third kappa shape index (κ3) is 5.16. The summed E-state index contributed by atoms with van der Waals surface area (Å²) in [5.74, 6) is 1.78. The Morgan fingerprint density at radius 2 is 1.89 bits per heavy atom. The summed E-state index contributed by atoms with van der Waals surface area (Å²) >= 11 is 0. The van der Waals surface area contributed by atoms with Crippen molar-refractivity contribution in [3.8, 4) is 11.4 Å². The van der Waals surface area contributed by atoms with Crippen molar-refractivity contribution in [2.24, 2.45) is 5.92 Å². The van der Waals surface area contributed by atoms with Crippen LogP contribution in [0.3, 0.4) is 0 Å². The summed E-state index contributed by atoms with van der Waals surface area (Å²) in [5, 5.41) is 4.09. The largest absolute Gasteiger partial charge is 0.340 e. The zero-order chi connectivity index (χ0) is 19.2. The first-order chi connectivity index (χ1) is 13.1. The van der Waals surface area contributed by atoms with E-state index in [0.29, 0.717) is 17.6 Å². The molecule has 1 aromatic carbocycles. The van der Waals surface area contributed by atoms with Gasteiger partial charge in [-0.1, -0.05) is 48.8 Å². The van der Waals surface area contributed by atoms with Gasteiger partial charge in [0.05, 0.1) is 0 Å². The number of carbonyl (C=O) groups excluding carboxylic acids is 1. The summed E-state index contributed by atoms with van der Waals surface area (Å²) in [7, 11) is 0. The topological polar surface area (TPSA) is 62.5 Å². The fraction of sp³-hybridized carbons (Fsp3) is 0.571. The molecule has 6 nitrogen and oxygen atoms in total. The van der Waals surface area contributed by atoms with Gasteiger partial charge in [0.15, 0.2) is 0 Å². The normalized spacial score (nSPS) is 16.5. The van der Waals surface area contributed by atoms with E-state index >= 15 is 0 Å². The van der Waals surface area contributed by atoms with Crippen LogP contribution in [0.25, 0.3) is 11.4 Å². The Morgan fingerprint density at radius 1 is 1.19 bits per heavy atom. The molecule has 146 valence electrons. The van der Waals surface area contributed by atoms with Crippen molar-refractivity contribution in [3.05, 3.63) is 35.7 Å². The number of carbonyl (C=O) groups is 1. The van der Waals surface area contributed by atoms with Gasteiger partial charge in [-0.2, -0.15) is 4.98 Å². The van der Waals surface area contributed by atoms with Crippen molar-refractivity contribution >= 4 is 5.91 Å². The second kappa shape index (κ2) is 9.13. The highest BCUT2D eigenvalue weighted by Gasteiger charge is 2.23. The smallest absolute Gasteiger partial charge is 0.227 e. The van der Waals surface area contributed by atoms with Crippen LogP contribution in [-0.2, 0) is 11.2 Å². The molecule has 1 aliphatic heterocycles. The van der Waals surface area contributed by atoms with E-state index in [1.54, 1.807) is 0 Å². The molecule has 2 aromatic rings. The molecule has 1 aliphatic rings. The number of hydrogen-bond acceptors (Lipinski definition) is 5. The fourth-order valence-corrected chi connectivity index (χ4v) is 3.31. The van der Waals surface area contributed by atoms with Crippen LogP contribution in [0.2, 0.25) is 0 Å². The van der Waals surface area contributed by atoms with Gasteiger partial charge in [0.25, 0.3) is 0 Å². The van der Waals surface area contributed by atoms with Crippen LogP contribution in [-0.4, -0.2) is 58.6 Å². The quantitative estimate of drug-likeness (QED) is 0.749. The second-order valence-corrected chi connectivity index (χ2v) is 7.46. The van der Waals surface area contributed by atoms with E-state index in [1.807, 2.05) is 24.0 Å². The summed E-state index contributed by atoms with van der Waals surface area (Å²) < 4.78 is 5.39. The second-order valence-electron chi connectivity index (χ2n) is 7.46. The lowest BCUT2D eigenvalue weighted by atomic mass is 10.1. The van der Waals surface area contributed by atoms with Crippen LogP contribution in [0.1, 0.15) is 38.1 Å². The van der Waals surface area contributed by atoms with Crippen LogP contribution >= 0.6 is 0 Å². The first kappa shape index (κ1) is 19.5. The Kier molecular flexibility index (Phi) is 6.61. The van der Waals surface area contributed by atoms with Crippen LogP contribution in [0, 0.1) is 12.8 Å². The van der Waals surface area contributed by atoms with Gasteiger partial charge in [-0.25, -0.2) is 0 Å². The minimum Gasteiger partial charge on any atom is -0.340 e. The molecule has 1 fully saturated rings. The van der Waals surface area contributed by atoms with Gasteiger partial charge in [0.2, 0.25) is 17.6 Å². The molecule has 3 rings (SSSR count). The maximum atomic E-state index is 12.3. The van der Waals surface area contributed by atoms with Gasteiger partial charge >= 0.3 is 0 Å². The third-order valence-corrected chi connectivity index (χ3v) is 5.36. The summed E-state index contributed by atoms with van der Waals surface area (Å²) in [4.78, 5) is 21.2. The number of hydrogen-bond donors (Lipinski definition) is 0. The number of piperazine rings is 1. The van der Waals surface area contributed by atoms with E-state index in [2.05, 4.69) is 41.0 Å². The number of rotatable bonds is 7. The molecule has 0 N–H and O–H groups in total. The predicted octanol–water partition coefficient (Wildman–Crippen LogP) is 3.17. The molecule has 6 heteroatoms. The number of aromatic nitrogens is 2. The molecule has 0 unspecified atom stereocenters. The zero-order valence-electron chi connectivity index (χ0n) is 16.6. The highest BCUT2D eigenvalue weighted by molar-refractivity contribution is 5.78. The van der Waals surface area contributed by atoms with Gasteiger partial charge in [0, 0.05) is 44.1 Å². The Balaban J connectivity index is 1.41. The first-order valence-electron chi connectivity index (χ1n) is 9.97. The lowest BCUT2D eigenvalue weighted by Crippen LogP contribution is -2.50. The Bertz CT molecular complexity index is 733. The highest BCUT2D eigenvalue weighted by Crippen LogP contribution is 2.17. The Morgan fingerprint density at radius 3 is 2.56 bits per heavy atom. The molecule has 1 atom stereocenters. The average Bonchev–Trinajstić information content (AvgIpc) is 3.17. The summed E-state index contributed by atoms with van der Waals surface area (Å²) in [6.07, 6.45) is 2.67. The minimum atomic E-state index is 0.136. The molecule has 0 saturated carbocycles. The molecule has 0 bridgehead atoms. The fourth-order valence-electron chi connectivity index (χ4n) is 3.31. The molecule has 1 amide bonds. The van der Waals surface area contributed by atoms with E-state index in [0.717, 1.165) is 57.5 Å². The van der Waals surface area contributed by atoms with Crippen molar-refractivity contribution in [2.75, 3.05) is 32.7 Å². The van der Waals surface area contributed by atoms with Gasteiger partial charge in [-0.3, -0.25) is 9.69 Å². The van der Waals surface area contributed by atoms with Gasteiger partial charge in [-0.05, 0) is 26.3 Å². The number of nitrogens with zero attached hydrogens (tertiary/aromatic N) is 4.